The lowest BCUT2D eigenvalue weighted by molar-refractivity contribution is -0.199. The summed E-state index contributed by atoms with van der Waals surface area (Å²) in [5.74, 6) is 0.552. The fraction of sp³-hybridized carbons (Fsp3) is 0.643. The van der Waals surface area contributed by atoms with Gasteiger partial charge in [0, 0.05) is 6.54 Å². The quantitative estimate of drug-likeness (QED) is 0.475. The highest BCUT2D eigenvalue weighted by molar-refractivity contribution is 6.47. The highest BCUT2D eigenvalue weighted by Crippen LogP contribution is 2.65. The predicted octanol–water partition coefficient (Wildman–Crippen LogP) is 4.16. The molecule has 2 saturated heterocycles. The zero-order valence-electron chi connectivity index (χ0n) is 22.0. The highest BCUT2D eigenvalue weighted by Gasteiger charge is 2.68. The number of nitrogens with one attached hydrogen (secondary N) is 1. The summed E-state index contributed by atoms with van der Waals surface area (Å²) in [7, 11) is -0.555. The van der Waals surface area contributed by atoms with Crippen molar-refractivity contribution in [2.45, 2.75) is 83.0 Å². The Labute approximate surface area is 215 Å². The number of rotatable bonds is 6. The van der Waals surface area contributed by atoms with Gasteiger partial charge >= 0.3 is 13.2 Å². The standard InChI is InChI=1S/C28H39BN2O5/c1-6-24(32)31-14-10-13-27(4,18-31)34-25(33)30-23(15-19-11-8-7-9-12-19)29-35-22-17-20-16-21(26(20,2)3)28(22,5)36-29/h6-9,11-12,20-23H,1,10,13-18H2,2-5H3,(H,30,33)/t20-,21-,22+,23-,27?,28-/m0/s1. The number of piperidine rings is 1. The van der Waals surface area contributed by atoms with Crippen molar-refractivity contribution in [1.29, 1.82) is 0 Å². The van der Waals surface area contributed by atoms with E-state index in [1.807, 2.05) is 37.3 Å². The molecule has 0 aromatic heterocycles. The van der Waals surface area contributed by atoms with E-state index in [4.69, 9.17) is 14.0 Å². The molecule has 5 aliphatic rings. The average Bonchev–Trinajstić information content (AvgIpc) is 3.20. The minimum absolute atomic E-state index is 0.0321. The monoisotopic (exact) mass is 494 g/mol. The Hall–Kier alpha value is -2.32. The first kappa shape index (κ1) is 25.3. The molecule has 6 atom stereocenters. The van der Waals surface area contributed by atoms with Crippen LogP contribution in [0.5, 0.6) is 0 Å². The van der Waals surface area contributed by atoms with Gasteiger partial charge in [0.1, 0.15) is 5.60 Å². The van der Waals surface area contributed by atoms with Gasteiger partial charge in [-0.05, 0) is 74.8 Å². The normalized spacial score (nSPS) is 35.3. The number of carbonyl (C=O) groups is 2. The van der Waals surface area contributed by atoms with Crippen LogP contribution in [0.15, 0.2) is 43.0 Å². The molecule has 8 heteroatoms. The van der Waals surface area contributed by atoms with Gasteiger partial charge in [-0.2, -0.15) is 0 Å². The summed E-state index contributed by atoms with van der Waals surface area (Å²) in [5.41, 5.74) is 0.215. The molecule has 0 radical (unpaired) electrons. The fourth-order valence-electron chi connectivity index (χ4n) is 7.17. The zero-order valence-corrected chi connectivity index (χ0v) is 22.0. The summed E-state index contributed by atoms with van der Waals surface area (Å²) >= 11 is 0. The third-order valence-corrected chi connectivity index (χ3v) is 9.38. The summed E-state index contributed by atoms with van der Waals surface area (Å²) in [4.78, 5) is 27.1. The Bertz CT molecular complexity index is 1020. The number of likely N-dealkylation sites (tertiary alicyclic amines) is 1. The summed E-state index contributed by atoms with van der Waals surface area (Å²) in [5, 5.41) is 3.08. The van der Waals surface area contributed by atoms with E-state index in [0.717, 1.165) is 18.4 Å². The molecule has 1 aromatic carbocycles. The van der Waals surface area contributed by atoms with Gasteiger partial charge in [0.05, 0.1) is 24.2 Å². The molecule has 5 fully saturated rings. The van der Waals surface area contributed by atoms with Crippen molar-refractivity contribution in [3.63, 3.8) is 0 Å². The highest BCUT2D eigenvalue weighted by atomic mass is 16.7. The molecule has 0 spiro atoms. The van der Waals surface area contributed by atoms with Gasteiger partial charge in [0.2, 0.25) is 5.91 Å². The summed E-state index contributed by atoms with van der Waals surface area (Å²) in [6, 6.07) is 10.1. The Balaban J connectivity index is 1.30. The van der Waals surface area contributed by atoms with Gasteiger partial charge in [-0.3, -0.25) is 4.79 Å². The van der Waals surface area contributed by atoms with Crippen LogP contribution in [0.4, 0.5) is 4.79 Å². The lowest BCUT2D eigenvalue weighted by Gasteiger charge is -2.64. The average molecular weight is 494 g/mol. The third-order valence-electron chi connectivity index (χ3n) is 9.38. The molecule has 194 valence electrons. The molecule has 2 bridgehead atoms. The molecule has 6 rings (SSSR count). The van der Waals surface area contributed by atoms with Crippen LogP contribution < -0.4 is 5.32 Å². The number of hydrogen-bond acceptors (Lipinski definition) is 5. The molecule has 1 N–H and O–H groups in total. The van der Waals surface area contributed by atoms with Crippen molar-refractivity contribution in [2.24, 2.45) is 17.3 Å². The van der Waals surface area contributed by atoms with E-state index in [0.29, 0.717) is 37.8 Å². The molecule has 2 amide bonds. The third kappa shape index (κ3) is 4.47. The van der Waals surface area contributed by atoms with Crippen molar-refractivity contribution in [3.8, 4) is 0 Å². The second-order valence-electron chi connectivity index (χ2n) is 12.2. The first-order valence-electron chi connectivity index (χ1n) is 13.3. The van der Waals surface area contributed by atoms with Gasteiger partial charge in [-0.15, -0.1) is 0 Å². The first-order chi connectivity index (χ1) is 17.0. The Morgan fingerprint density at radius 2 is 2.00 bits per heavy atom. The van der Waals surface area contributed by atoms with Gasteiger partial charge in [0.15, 0.2) is 0 Å². The first-order valence-corrected chi connectivity index (χ1v) is 13.3. The van der Waals surface area contributed by atoms with Crippen molar-refractivity contribution < 1.29 is 23.6 Å². The number of hydrogen-bond donors (Lipinski definition) is 1. The van der Waals surface area contributed by atoms with Crippen LogP contribution in [0.3, 0.4) is 0 Å². The summed E-state index contributed by atoms with van der Waals surface area (Å²) < 4.78 is 19.2. The van der Waals surface area contributed by atoms with Crippen molar-refractivity contribution in [1.82, 2.24) is 10.2 Å². The maximum absolute atomic E-state index is 13.2. The van der Waals surface area contributed by atoms with Crippen LogP contribution in [0.1, 0.15) is 58.9 Å². The van der Waals surface area contributed by atoms with Crippen LogP contribution in [0, 0.1) is 17.3 Å². The maximum Gasteiger partial charge on any atom is 0.482 e. The molecule has 3 aliphatic carbocycles. The smallest absolute Gasteiger partial charge is 0.441 e. The van der Waals surface area contributed by atoms with E-state index in [1.165, 1.54) is 12.5 Å². The van der Waals surface area contributed by atoms with Crippen LogP contribution in [0.2, 0.25) is 0 Å². The zero-order chi connectivity index (χ0) is 25.7. The number of amides is 2. The fourth-order valence-corrected chi connectivity index (χ4v) is 7.17. The number of benzene rings is 1. The van der Waals surface area contributed by atoms with E-state index in [-0.39, 0.29) is 23.0 Å². The van der Waals surface area contributed by atoms with Gasteiger partial charge < -0.3 is 24.3 Å². The largest absolute Gasteiger partial charge is 0.482 e. The van der Waals surface area contributed by atoms with E-state index >= 15 is 0 Å². The summed E-state index contributed by atoms with van der Waals surface area (Å²) in [6.45, 7) is 13.3. The molecule has 2 aliphatic heterocycles. The van der Waals surface area contributed by atoms with E-state index in [1.54, 1.807) is 4.90 Å². The maximum atomic E-state index is 13.2. The lowest BCUT2D eigenvalue weighted by Crippen LogP contribution is -2.65. The minimum Gasteiger partial charge on any atom is -0.441 e. The number of nitrogens with zero attached hydrogens (tertiary/aromatic N) is 1. The second-order valence-corrected chi connectivity index (χ2v) is 12.2. The molecule has 1 aromatic rings. The molecule has 2 heterocycles. The Morgan fingerprint density at radius 3 is 2.69 bits per heavy atom. The molecular weight excluding hydrogens is 455 g/mol. The van der Waals surface area contributed by atoms with Gasteiger partial charge in [-0.25, -0.2) is 4.79 Å². The molecule has 36 heavy (non-hydrogen) atoms. The van der Waals surface area contributed by atoms with Gasteiger partial charge in [-0.1, -0.05) is 50.8 Å². The molecule has 3 saturated carbocycles. The van der Waals surface area contributed by atoms with Crippen molar-refractivity contribution >= 4 is 19.1 Å². The Morgan fingerprint density at radius 1 is 1.25 bits per heavy atom. The topological polar surface area (TPSA) is 77.1 Å². The Kier molecular flexibility index (Phi) is 6.48. The molecule has 1 unspecified atom stereocenters. The van der Waals surface area contributed by atoms with Crippen LogP contribution in [-0.4, -0.2) is 60.4 Å². The molecular formula is C28H39BN2O5. The number of ether oxygens (including phenoxy) is 1. The predicted molar refractivity (Wildman–Crippen MR) is 138 cm³/mol. The number of alkyl carbamates (subject to hydrolysis) is 1. The second kappa shape index (κ2) is 9.21. The van der Waals surface area contributed by atoms with E-state index in [2.05, 4.69) is 32.7 Å². The van der Waals surface area contributed by atoms with E-state index in [9.17, 15) is 9.59 Å². The van der Waals surface area contributed by atoms with Gasteiger partial charge in [0.25, 0.3) is 0 Å². The van der Waals surface area contributed by atoms with Crippen LogP contribution in [0.25, 0.3) is 0 Å². The van der Waals surface area contributed by atoms with Crippen molar-refractivity contribution in [3.05, 3.63) is 48.6 Å². The van der Waals surface area contributed by atoms with Crippen molar-refractivity contribution in [2.75, 3.05) is 13.1 Å². The number of carbonyl (C=O) groups excluding carboxylic acids is 2. The minimum atomic E-state index is -0.763. The molecule has 7 nitrogen and oxygen atoms in total. The van der Waals surface area contributed by atoms with E-state index < -0.39 is 24.8 Å². The summed E-state index contributed by atoms with van der Waals surface area (Å²) in [6.07, 6.45) is 5.02. The lowest BCUT2D eigenvalue weighted by atomic mass is 9.43. The SMILES string of the molecule is C=CC(=O)N1CCCC(C)(OC(=O)N[C@@H](Cc2ccccc2)B2O[C@@H]3C[C@@H]4C[C@@H](C4(C)C)[C@]3(C)O2)C1. The van der Waals surface area contributed by atoms with Crippen LogP contribution in [-0.2, 0) is 25.3 Å². The van der Waals surface area contributed by atoms with Crippen LogP contribution >= 0.6 is 0 Å².